The van der Waals surface area contributed by atoms with Gasteiger partial charge >= 0.3 is 0 Å². The molecule has 106 valence electrons. The first-order valence-corrected chi connectivity index (χ1v) is 8.34. The summed E-state index contributed by atoms with van der Waals surface area (Å²) >= 11 is 8.88. The van der Waals surface area contributed by atoms with Crippen LogP contribution < -0.4 is 4.74 Å². The lowest BCUT2D eigenvalue weighted by Crippen LogP contribution is -2.03. The SMILES string of the molecule is COc1cc(F)c(C(Br)c2cc(Br)ccc2I)c(F)c1. The van der Waals surface area contributed by atoms with E-state index in [2.05, 4.69) is 54.5 Å². The van der Waals surface area contributed by atoms with Crippen LogP contribution in [-0.2, 0) is 0 Å². The van der Waals surface area contributed by atoms with E-state index in [4.69, 9.17) is 4.74 Å². The van der Waals surface area contributed by atoms with Gasteiger partial charge in [0.15, 0.2) is 0 Å². The molecule has 0 amide bonds. The molecule has 6 heteroatoms. The van der Waals surface area contributed by atoms with Crippen molar-refractivity contribution in [3.05, 3.63) is 61.1 Å². The van der Waals surface area contributed by atoms with Crippen molar-refractivity contribution in [2.45, 2.75) is 4.83 Å². The predicted octanol–water partition coefficient (Wildman–Crippen LogP) is 5.82. The molecule has 20 heavy (non-hydrogen) atoms. The highest BCUT2D eigenvalue weighted by Gasteiger charge is 2.22. The monoisotopic (exact) mass is 516 g/mol. The largest absolute Gasteiger partial charge is 0.497 e. The maximum absolute atomic E-state index is 14.1. The third-order valence-corrected chi connectivity index (χ3v) is 5.20. The van der Waals surface area contributed by atoms with Crippen LogP contribution in [0, 0.1) is 15.2 Å². The van der Waals surface area contributed by atoms with Crippen molar-refractivity contribution in [3.63, 3.8) is 0 Å². The van der Waals surface area contributed by atoms with E-state index in [-0.39, 0.29) is 11.3 Å². The normalized spacial score (nSPS) is 12.3. The molecule has 0 aliphatic rings. The summed E-state index contributed by atoms with van der Waals surface area (Å²) in [6, 6.07) is 7.96. The fourth-order valence-corrected chi connectivity index (χ4v) is 4.06. The topological polar surface area (TPSA) is 9.23 Å². The molecular formula is C14H9Br2F2IO. The number of hydrogen-bond acceptors (Lipinski definition) is 1. The minimum atomic E-state index is -0.639. The van der Waals surface area contributed by atoms with Gasteiger partial charge in [0, 0.05) is 25.7 Å². The summed E-state index contributed by atoms with van der Waals surface area (Å²) in [4.78, 5) is -0.571. The fraction of sp³-hybridized carbons (Fsp3) is 0.143. The minimum Gasteiger partial charge on any atom is -0.497 e. The van der Waals surface area contributed by atoms with E-state index in [1.807, 2.05) is 18.2 Å². The van der Waals surface area contributed by atoms with Gasteiger partial charge in [-0.3, -0.25) is 0 Å². The van der Waals surface area contributed by atoms with Gasteiger partial charge in [0.1, 0.15) is 17.4 Å². The van der Waals surface area contributed by atoms with Crippen molar-refractivity contribution in [2.24, 2.45) is 0 Å². The van der Waals surface area contributed by atoms with Gasteiger partial charge in [-0.15, -0.1) is 0 Å². The van der Waals surface area contributed by atoms with Crippen LogP contribution in [0.5, 0.6) is 5.75 Å². The zero-order valence-corrected chi connectivity index (χ0v) is 15.6. The lowest BCUT2D eigenvalue weighted by molar-refractivity contribution is 0.405. The van der Waals surface area contributed by atoms with E-state index in [9.17, 15) is 8.78 Å². The van der Waals surface area contributed by atoms with Crippen molar-refractivity contribution in [3.8, 4) is 5.75 Å². The zero-order valence-electron chi connectivity index (χ0n) is 10.3. The molecule has 0 aromatic heterocycles. The molecule has 0 aliphatic heterocycles. The van der Waals surface area contributed by atoms with Gasteiger partial charge < -0.3 is 4.74 Å². The Morgan fingerprint density at radius 1 is 1.15 bits per heavy atom. The molecule has 2 aromatic rings. The molecule has 2 rings (SSSR count). The Kier molecular flexibility index (Phi) is 5.42. The van der Waals surface area contributed by atoms with E-state index in [0.717, 1.165) is 13.6 Å². The second-order valence-electron chi connectivity index (χ2n) is 4.03. The lowest BCUT2D eigenvalue weighted by atomic mass is 10.0. The lowest BCUT2D eigenvalue weighted by Gasteiger charge is -2.16. The van der Waals surface area contributed by atoms with Crippen LogP contribution in [0.3, 0.4) is 0 Å². The number of alkyl halides is 1. The summed E-state index contributed by atoms with van der Waals surface area (Å²) in [5, 5.41) is 0. The van der Waals surface area contributed by atoms with E-state index in [0.29, 0.717) is 0 Å². The summed E-state index contributed by atoms with van der Waals surface area (Å²) < 4.78 is 34.8. The molecule has 2 aromatic carbocycles. The van der Waals surface area contributed by atoms with Gasteiger partial charge in [-0.05, 0) is 46.4 Å². The molecule has 1 unspecified atom stereocenters. The van der Waals surface area contributed by atoms with Crippen molar-refractivity contribution < 1.29 is 13.5 Å². The first kappa shape index (κ1) is 16.2. The molecule has 0 bridgehead atoms. The van der Waals surface area contributed by atoms with Gasteiger partial charge in [0.05, 0.1) is 11.9 Å². The number of rotatable bonds is 3. The highest BCUT2D eigenvalue weighted by atomic mass is 127. The Balaban J connectivity index is 2.53. The first-order chi connectivity index (χ1) is 9.43. The second-order valence-corrected chi connectivity index (χ2v) is 7.03. The van der Waals surface area contributed by atoms with Gasteiger partial charge in [0.25, 0.3) is 0 Å². The standard InChI is InChI=1S/C14H9Br2F2IO/c1-20-8-5-10(17)13(11(18)6-8)14(16)9-4-7(15)2-3-12(9)19/h2-6,14H,1H3. The third kappa shape index (κ3) is 3.33. The highest BCUT2D eigenvalue weighted by Crippen LogP contribution is 2.38. The number of benzene rings is 2. The Hall–Kier alpha value is -0.210. The van der Waals surface area contributed by atoms with E-state index in [1.54, 1.807) is 0 Å². The summed E-state index contributed by atoms with van der Waals surface area (Å²) in [6.07, 6.45) is 0. The highest BCUT2D eigenvalue weighted by molar-refractivity contribution is 14.1. The maximum Gasteiger partial charge on any atom is 0.134 e. The van der Waals surface area contributed by atoms with Crippen molar-refractivity contribution in [2.75, 3.05) is 7.11 Å². The number of halogens is 5. The quantitative estimate of drug-likeness (QED) is 0.368. The number of ether oxygens (including phenoxy) is 1. The molecule has 0 radical (unpaired) electrons. The first-order valence-electron chi connectivity index (χ1n) is 5.56. The third-order valence-electron chi connectivity index (χ3n) is 2.77. The Morgan fingerprint density at radius 3 is 2.30 bits per heavy atom. The number of methoxy groups -OCH3 is 1. The summed E-state index contributed by atoms with van der Waals surface area (Å²) in [5.41, 5.74) is 0.768. The molecule has 0 saturated heterocycles. The second kappa shape index (κ2) is 6.70. The van der Waals surface area contributed by atoms with Crippen LogP contribution in [0.1, 0.15) is 16.0 Å². The average molecular weight is 518 g/mol. The minimum absolute atomic E-state index is 0.0261. The summed E-state index contributed by atoms with van der Waals surface area (Å²) in [6.45, 7) is 0. The molecule has 1 atom stereocenters. The van der Waals surface area contributed by atoms with Crippen molar-refractivity contribution in [1.82, 2.24) is 0 Å². The fourth-order valence-electron chi connectivity index (χ4n) is 1.79. The van der Waals surface area contributed by atoms with E-state index in [1.165, 1.54) is 19.2 Å². The van der Waals surface area contributed by atoms with Crippen LogP contribution >= 0.6 is 54.5 Å². The van der Waals surface area contributed by atoms with Gasteiger partial charge in [-0.25, -0.2) is 8.78 Å². The van der Waals surface area contributed by atoms with Crippen molar-refractivity contribution in [1.29, 1.82) is 0 Å². The maximum atomic E-state index is 14.1. The van der Waals surface area contributed by atoms with Crippen LogP contribution in [0.2, 0.25) is 0 Å². The molecule has 0 spiro atoms. The zero-order chi connectivity index (χ0) is 14.9. The number of hydrogen-bond donors (Lipinski definition) is 0. The smallest absolute Gasteiger partial charge is 0.134 e. The summed E-state index contributed by atoms with van der Waals surface area (Å²) in [5.74, 6) is -1.12. The van der Waals surface area contributed by atoms with Gasteiger partial charge in [-0.1, -0.05) is 31.9 Å². The van der Waals surface area contributed by atoms with Crippen LogP contribution in [-0.4, -0.2) is 7.11 Å². The van der Waals surface area contributed by atoms with Gasteiger partial charge in [0.2, 0.25) is 0 Å². The van der Waals surface area contributed by atoms with Crippen molar-refractivity contribution >= 4 is 54.5 Å². The van der Waals surface area contributed by atoms with Crippen LogP contribution in [0.4, 0.5) is 8.78 Å². The van der Waals surface area contributed by atoms with Crippen LogP contribution in [0.15, 0.2) is 34.8 Å². The van der Waals surface area contributed by atoms with Crippen LogP contribution in [0.25, 0.3) is 0 Å². The summed E-state index contributed by atoms with van der Waals surface area (Å²) in [7, 11) is 1.37. The Labute approximate surface area is 146 Å². The molecule has 0 fully saturated rings. The van der Waals surface area contributed by atoms with E-state index < -0.39 is 16.5 Å². The molecule has 0 aliphatic carbocycles. The molecule has 0 heterocycles. The molecule has 1 nitrogen and oxygen atoms in total. The predicted molar refractivity (Wildman–Crippen MR) is 90.5 cm³/mol. The van der Waals surface area contributed by atoms with E-state index >= 15 is 0 Å². The molecule has 0 N–H and O–H groups in total. The Morgan fingerprint density at radius 2 is 1.75 bits per heavy atom. The molecule has 0 saturated carbocycles. The Bertz CT molecular complexity index is 626. The van der Waals surface area contributed by atoms with Gasteiger partial charge in [-0.2, -0.15) is 0 Å². The molecular weight excluding hydrogens is 509 g/mol. The average Bonchev–Trinajstić information content (AvgIpc) is 2.40.